The second-order valence-electron chi connectivity index (χ2n) is 4.07. The number of nitrogens with zero attached hydrogens (tertiary/aromatic N) is 1. The first-order valence-electron chi connectivity index (χ1n) is 4.81. The molecule has 1 aromatic rings. The maximum Gasteiger partial charge on any atom is 0.325 e. The molecule has 2 N–H and O–H groups in total. The standard InChI is InChI=1S/C9H13N3O/c13-9-11-1-2-12(9)5-8-6-3-10-4-7(6)8/h1-2,6-8,10H,3-5H2,(H,11,13). The van der Waals surface area contributed by atoms with Crippen molar-refractivity contribution in [3.05, 3.63) is 22.9 Å². The number of hydrogen-bond donors (Lipinski definition) is 2. The highest BCUT2D eigenvalue weighted by Crippen LogP contribution is 2.49. The minimum absolute atomic E-state index is 0.0259. The van der Waals surface area contributed by atoms with E-state index in [-0.39, 0.29) is 5.69 Å². The van der Waals surface area contributed by atoms with Crippen molar-refractivity contribution in [3.8, 4) is 0 Å². The Morgan fingerprint density at radius 3 is 2.85 bits per heavy atom. The molecule has 2 aliphatic rings. The summed E-state index contributed by atoms with van der Waals surface area (Å²) in [6.45, 7) is 3.20. The maximum absolute atomic E-state index is 11.2. The van der Waals surface area contributed by atoms with Crippen molar-refractivity contribution < 1.29 is 0 Å². The first-order valence-corrected chi connectivity index (χ1v) is 4.81. The van der Waals surface area contributed by atoms with E-state index in [1.54, 1.807) is 10.8 Å². The minimum atomic E-state index is 0.0259. The van der Waals surface area contributed by atoms with Gasteiger partial charge in [-0.25, -0.2) is 4.79 Å². The summed E-state index contributed by atoms with van der Waals surface area (Å²) in [4.78, 5) is 13.9. The average molecular weight is 179 g/mol. The maximum atomic E-state index is 11.2. The third-order valence-electron chi connectivity index (χ3n) is 3.40. The minimum Gasteiger partial charge on any atom is -0.316 e. The molecular weight excluding hydrogens is 166 g/mol. The molecule has 0 aromatic carbocycles. The van der Waals surface area contributed by atoms with Crippen molar-refractivity contribution in [2.45, 2.75) is 6.54 Å². The topological polar surface area (TPSA) is 49.8 Å². The van der Waals surface area contributed by atoms with Gasteiger partial charge >= 0.3 is 5.69 Å². The third kappa shape index (κ3) is 1.05. The Morgan fingerprint density at radius 2 is 2.23 bits per heavy atom. The fraction of sp³-hybridized carbons (Fsp3) is 0.667. The van der Waals surface area contributed by atoms with Crippen molar-refractivity contribution in [2.75, 3.05) is 13.1 Å². The zero-order valence-corrected chi connectivity index (χ0v) is 7.36. The number of hydrogen-bond acceptors (Lipinski definition) is 2. The fourth-order valence-electron chi connectivity index (χ4n) is 2.54. The van der Waals surface area contributed by atoms with Gasteiger partial charge in [0.1, 0.15) is 0 Å². The van der Waals surface area contributed by atoms with Crippen molar-refractivity contribution in [1.82, 2.24) is 14.9 Å². The average Bonchev–Trinajstić information content (AvgIpc) is 2.57. The van der Waals surface area contributed by atoms with Gasteiger partial charge in [-0.1, -0.05) is 0 Å². The first kappa shape index (κ1) is 7.38. The molecule has 13 heavy (non-hydrogen) atoms. The Morgan fingerprint density at radius 1 is 1.46 bits per heavy atom. The van der Waals surface area contributed by atoms with Crippen LogP contribution in [0.15, 0.2) is 17.2 Å². The zero-order chi connectivity index (χ0) is 8.84. The molecule has 0 amide bonds. The van der Waals surface area contributed by atoms with Gasteiger partial charge in [-0.2, -0.15) is 0 Å². The molecule has 1 aromatic heterocycles. The number of H-pyrrole nitrogens is 1. The Balaban J connectivity index is 1.72. The SMILES string of the molecule is O=c1[nH]ccn1CC1C2CNCC21. The number of piperidine rings is 1. The fourth-order valence-corrected chi connectivity index (χ4v) is 2.54. The van der Waals surface area contributed by atoms with Gasteiger partial charge in [-0.05, 0) is 30.8 Å². The lowest BCUT2D eigenvalue weighted by atomic mass is 10.3. The van der Waals surface area contributed by atoms with Crippen LogP contribution in [0.4, 0.5) is 0 Å². The Hall–Kier alpha value is -1.03. The molecule has 4 nitrogen and oxygen atoms in total. The van der Waals surface area contributed by atoms with Crippen LogP contribution in [0.5, 0.6) is 0 Å². The number of imidazole rings is 1. The van der Waals surface area contributed by atoms with E-state index in [9.17, 15) is 4.79 Å². The quantitative estimate of drug-likeness (QED) is 0.651. The lowest BCUT2D eigenvalue weighted by Crippen LogP contribution is -2.21. The van der Waals surface area contributed by atoms with Crippen molar-refractivity contribution in [2.24, 2.45) is 17.8 Å². The van der Waals surface area contributed by atoms with Gasteiger partial charge in [-0.3, -0.25) is 4.57 Å². The molecule has 2 fully saturated rings. The largest absolute Gasteiger partial charge is 0.325 e. The molecule has 2 atom stereocenters. The molecule has 0 radical (unpaired) electrons. The molecule has 4 heteroatoms. The third-order valence-corrected chi connectivity index (χ3v) is 3.40. The van der Waals surface area contributed by atoms with Crippen molar-refractivity contribution in [1.29, 1.82) is 0 Å². The molecule has 1 saturated heterocycles. The van der Waals surface area contributed by atoms with Crippen molar-refractivity contribution >= 4 is 0 Å². The smallest absolute Gasteiger partial charge is 0.316 e. The van der Waals surface area contributed by atoms with E-state index in [0.717, 1.165) is 37.4 Å². The normalized spacial score (nSPS) is 36.2. The molecule has 0 spiro atoms. The monoisotopic (exact) mass is 179 g/mol. The van der Waals surface area contributed by atoms with Crippen molar-refractivity contribution in [3.63, 3.8) is 0 Å². The lowest BCUT2D eigenvalue weighted by molar-refractivity contribution is 0.508. The first-order chi connectivity index (χ1) is 6.36. The van der Waals surface area contributed by atoms with E-state index < -0.39 is 0 Å². The number of aromatic amines is 1. The van der Waals surface area contributed by atoms with Gasteiger partial charge in [0.2, 0.25) is 0 Å². The summed E-state index contributed by atoms with van der Waals surface area (Å²) < 4.78 is 1.78. The summed E-state index contributed by atoms with van der Waals surface area (Å²) in [6.07, 6.45) is 3.54. The van der Waals surface area contributed by atoms with Crippen LogP contribution in [0.2, 0.25) is 0 Å². The summed E-state index contributed by atoms with van der Waals surface area (Å²) in [5.41, 5.74) is 0.0259. The van der Waals surface area contributed by atoms with E-state index in [2.05, 4.69) is 10.3 Å². The Kier molecular flexibility index (Phi) is 1.41. The van der Waals surface area contributed by atoms with E-state index >= 15 is 0 Å². The number of nitrogens with one attached hydrogen (secondary N) is 2. The molecule has 1 aliphatic carbocycles. The van der Waals surface area contributed by atoms with Crippen LogP contribution < -0.4 is 11.0 Å². The Labute approximate surface area is 76.0 Å². The van der Waals surface area contributed by atoms with Gasteiger partial charge in [0, 0.05) is 18.9 Å². The highest BCUT2D eigenvalue weighted by molar-refractivity contribution is 5.03. The summed E-state index contributed by atoms with van der Waals surface area (Å²) in [5.74, 6) is 2.42. The summed E-state index contributed by atoms with van der Waals surface area (Å²) in [5, 5.41) is 3.35. The van der Waals surface area contributed by atoms with Crippen LogP contribution in [0.25, 0.3) is 0 Å². The van der Waals surface area contributed by atoms with Gasteiger partial charge in [0.15, 0.2) is 0 Å². The van der Waals surface area contributed by atoms with Gasteiger partial charge in [0.05, 0.1) is 0 Å². The van der Waals surface area contributed by atoms with Crippen LogP contribution in [-0.4, -0.2) is 22.6 Å². The van der Waals surface area contributed by atoms with Crippen LogP contribution in [-0.2, 0) is 6.54 Å². The Bertz CT molecular complexity index is 357. The zero-order valence-electron chi connectivity index (χ0n) is 7.36. The highest BCUT2D eigenvalue weighted by atomic mass is 16.1. The van der Waals surface area contributed by atoms with E-state index in [1.165, 1.54) is 0 Å². The molecule has 70 valence electrons. The second kappa shape index (κ2) is 2.48. The lowest BCUT2D eigenvalue weighted by Gasteiger charge is -2.03. The highest BCUT2D eigenvalue weighted by Gasteiger charge is 2.52. The van der Waals surface area contributed by atoms with Gasteiger partial charge in [0.25, 0.3) is 0 Å². The second-order valence-corrected chi connectivity index (χ2v) is 4.07. The van der Waals surface area contributed by atoms with Gasteiger partial charge in [-0.15, -0.1) is 0 Å². The van der Waals surface area contributed by atoms with Gasteiger partial charge < -0.3 is 10.3 Å². The van der Waals surface area contributed by atoms with E-state index in [1.807, 2.05) is 6.20 Å². The molecule has 1 aliphatic heterocycles. The van der Waals surface area contributed by atoms with E-state index in [0.29, 0.717) is 0 Å². The molecule has 2 heterocycles. The number of rotatable bonds is 2. The summed E-state index contributed by atoms with van der Waals surface area (Å²) in [7, 11) is 0. The number of fused-ring (bicyclic) bond motifs is 1. The molecule has 0 bridgehead atoms. The van der Waals surface area contributed by atoms with E-state index in [4.69, 9.17) is 0 Å². The predicted molar refractivity (Wildman–Crippen MR) is 48.4 cm³/mol. The number of aromatic nitrogens is 2. The van der Waals surface area contributed by atoms with Crippen LogP contribution in [0.1, 0.15) is 0 Å². The summed E-state index contributed by atoms with van der Waals surface area (Å²) in [6, 6.07) is 0. The predicted octanol–water partition coefficient (Wildman–Crippen LogP) is -0.358. The molecular formula is C9H13N3O. The molecule has 1 saturated carbocycles. The van der Waals surface area contributed by atoms with Crippen LogP contribution in [0, 0.1) is 17.8 Å². The molecule has 3 rings (SSSR count). The molecule has 2 unspecified atom stereocenters. The van der Waals surface area contributed by atoms with Crippen LogP contribution in [0.3, 0.4) is 0 Å². The summed E-state index contributed by atoms with van der Waals surface area (Å²) >= 11 is 0. The van der Waals surface area contributed by atoms with Crippen LogP contribution >= 0.6 is 0 Å².